The van der Waals surface area contributed by atoms with Crippen molar-refractivity contribution in [3.63, 3.8) is 0 Å². The van der Waals surface area contributed by atoms with E-state index in [0.29, 0.717) is 0 Å². The normalized spacial score (nSPS) is 26.4. The van der Waals surface area contributed by atoms with Crippen molar-refractivity contribution in [3.05, 3.63) is 34.2 Å². The fourth-order valence-electron chi connectivity index (χ4n) is 3.39. The molecule has 0 aromatic rings. The summed E-state index contributed by atoms with van der Waals surface area (Å²) in [6, 6.07) is 0. The Morgan fingerprint density at radius 1 is 0.846 bits per heavy atom. The lowest BCUT2D eigenvalue weighted by Crippen LogP contribution is -2.29. The molecule has 0 aromatic heterocycles. The van der Waals surface area contributed by atoms with Gasteiger partial charge in [0.1, 0.15) is 17.4 Å². The van der Waals surface area contributed by atoms with E-state index in [9.17, 15) is 29.7 Å². The lowest BCUT2D eigenvalue weighted by molar-refractivity contribution is -0.146. The van der Waals surface area contributed by atoms with Gasteiger partial charge in [0.05, 0.1) is 45.2 Å². The predicted molar refractivity (Wildman–Crippen MR) is 82.5 cm³/mol. The van der Waals surface area contributed by atoms with Crippen LogP contribution < -0.4 is 0 Å². The van der Waals surface area contributed by atoms with Gasteiger partial charge < -0.3 is 34.3 Å². The van der Waals surface area contributed by atoms with Gasteiger partial charge in [-0.1, -0.05) is 0 Å². The van der Waals surface area contributed by atoms with Crippen molar-refractivity contribution < 1.29 is 48.7 Å². The third-order valence-corrected chi connectivity index (χ3v) is 4.44. The molecular weight excluding hydrogens is 352 g/mol. The largest absolute Gasteiger partial charge is 0.511 e. The molecule has 2 rings (SSSR count). The van der Waals surface area contributed by atoms with Crippen molar-refractivity contribution in [3.8, 4) is 0 Å². The van der Waals surface area contributed by atoms with E-state index in [-0.39, 0.29) is 5.57 Å². The number of aliphatic hydroxyl groups excluding tert-OH is 3. The van der Waals surface area contributed by atoms with Crippen LogP contribution >= 0.6 is 0 Å². The molecule has 0 aromatic carbocycles. The van der Waals surface area contributed by atoms with Crippen molar-refractivity contribution in [2.75, 3.05) is 28.4 Å². The molecule has 0 heterocycles. The average Bonchev–Trinajstić information content (AvgIpc) is 3.08. The quantitative estimate of drug-likeness (QED) is 0.361. The molecule has 3 N–H and O–H groups in total. The second kappa shape index (κ2) is 6.98. The van der Waals surface area contributed by atoms with Crippen LogP contribution in [0.25, 0.3) is 0 Å². The number of methoxy groups -OCH3 is 4. The number of hydrogen-bond donors (Lipinski definition) is 3. The van der Waals surface area contributed by atoms with Crippen LogP contribution in [0, 0.1) is 17.8 Å². The summed E-state index contributed by atoms with van der Waals surface area (Å²) in [5.74, 6) is -9.19. The number of aliphatic hydroxyl groups is 3. The van der Waals surface area contributed by atoms with Gasteiger partial charge in [-0.25, -0.2) is 9.59 Å². The summed E-state index contributed by atoms with van der Waals surface area (Å²) in [4.78, 5) is 36.6. The number of esters is 3. The van der Waals surface area contributed by atoms with Gasteiger partial charge in [0.2, 0.25) is 0 Å². The topological polar surface area (TPSA) is 149 Å². The van der Waals surface area contributed by atoms with Crippen molar-refractivity contribution in [2.24, 2.45) is 17.8 Å². The average molecular weight is 370 g/mol. The molecule has 10 heteroatoms. The highest BCUT2D eigenvalue weighted by molar-refractivity contribution is 5.99. The van der Waals surface area contributed by atoms with E-state index >= 15 is 0 Å². The molecule has 10 nitrogen and oxygen atoms in total. The van der Waals surface area contributed by atoms with Gasteiger partial charge >= 0.3 is 17.9 Å². The van der Waals surface area contributed by atoms with Gasteiger partial charge in [0.15, 0.2) is 0 Å². The van der Waals surface area contributed by atoms with E-state index in [4.69, 9.17) is 4.74 Å². The number of allylic oxidation sites excluding steroid dienone is 1. The van der Waals surface area contributed by atoms with E-state index in [1.54, 1.807) is 0 Å². The second-order valence-electron chi connectivity index (χ2n) is 5.47. The van der Waals surface area contributed by atoms with Crippen LogP contribution in [0.5, 0.6) is 0 Å². The Hall–Kier alpha value is -3.17. The van der Waals surface area contributed by atoms with Crippen LogP contribution in [0.2, 0.25) is 0 Å². The molecule has 0 fully saturated rings. The molecule has 2 aliphatic carbocycles. The van der Waals surface area contributed by atoms with Crippen molar-refractivity contribution in [1.82, 2.24) is 0 Å². The maximum atomic E-state index is 12.2. The zero-order chi connectivity index (χ0) is 19.8. The Morgan fingerprint density at radius 2 is 1.38 bits per heavy atom. The van der Waals surface area contributed by atoms with Gasteiger partial charge in [-0.05, 0) is 0 Å². The monoisotopic (exact) mass is 370 g/mol. The Labute approximate surface area is 147 Å². The first-order chi connectivity index (χ1) is 12.3. The smallest absolute Gasteiger partial charge is 0.337 e. The first-order valence-electron chi connectivity index (χ1n) is 7.34. The predicted octanol–water partition coefficient (Wildman–Crippen LogP) is 0.421. The van der Waals surface area contributed by atoms with Crippen LogP contribution in [0.4, 0.5) is 0 Å². The maximum absolute atomic E-state index is 12.2. The fourth-order valence-corrected chi connectivity index (χ4v) is 3.39. The fraction of sp³-hybridized carbons (Fsp3) is 0.438. The van der Waals surface area contributed by atoms with E-state index in [1.165, 1.54) is 0 Å². The summed E-state index contributed by atoms with van der Waals surface area (Å²) >= 11 is 0. The molecule has 0 saturated heterocycles. The summed E-state index contributed by atoms with van der Waals surface area (Å²) in [5, 5.41) is 31.0. The molecule has 2 aliphatic rings. The molecule has 0 bridgehead atoms. The highest BCUT2D eigenvalue weighted by Crippen LogP contribution is 2.56. The first kappa shape index (κ1) is 19.2. The Kier molecular flexibility index (Phi) is 5.15. The van der Waals surface area contributed by atoms with Gasteiger partial charge in [-0.2, -0.15) is 0 Å². The minimum absolute atomic E-state index is 0.351. The number of fused-ring (bicyclic) bond motifs is 1. The van der Waals surface area contributed by atoms with Crippen molar-refractivity contribution >= 4 is 17.9 Å². The van der Waals surface area contributed by atoms with Crippen molar-refractivity contribution in [2.45, 2.75) is 0 Å². The molecule has 26 heavy (non-hydrogen) atoms. The molecular formula is C16H18O10. The lowest BCUT2D eigenvalue weighted by atomic mass is 9.83. The summed E-state index contributed by atoms with van der Waals surface area (Å²) in [6.07, 6.45) is 0. The van der Waals surface area contributed by atoms with E-state index < -0.39 is 64.3 Å². The minimum Gasteiger partial charge on any atom is -0.511 e. The molecule has 0 saturated carbocycles. The molecule has 0 spiro atoms. The highest BCUT2D eigenvalue weighted by Gasteiger charge is 2.60. The van der Waals surface area contributed by atoms with Crippen LogP contribution in [0.15, 0.2) is 34.2 Å². The molecule has 0 aliphatic heterocycles. The van der Waals surface area contributed by atoms with E-state index in [2.05, 4.69) is 14.2 Å². The standard InChI is InChI=1S/C16H18O10/c1-23-13(19)7-5-6(9(11(7)17)15(21)25-3)10(16(22)26-4)12(18)8(5)14(20)24-2/h5-7,17-18,22H,1-4H3/b16-10+. The molecule has 3 unspecified atom stereocenters. The SMILES string of the molecule is COC(=O)C1=C(O)C(C(=O)OC)C2C(C(=O)OC)=C(O)/C(=C(\O)OC)C12. The minimum atomic E-state index is -1.49. The molecule has 3 atom stereocenters. The van der Waals surface area contributed by atoms with Crippen LogP contribution in [-0.2, 0) is 33.3 Å². The summed E-state index contributed by atoms with van der Waals surface area (Å²) < 4.78 is 18.6. The van der Waals surface area contributed by atoms with Gasteiger partial charge in [-0.3, -0.25) is 4.79 Å². The van der Waals surface area contributed by atoms with Gasteiger partial charge in [0, 0.05) is 11.8 Å². The third kappa shape index (κ3) is 2.54. The molecule has 142 valence electrons. The third-order valence-electron chi connectivity index (χ3n) is 4.44. The summed E-state index contributed by atoms with van der Waals surface area (Å²) in [5.41, 5.74) is -1.16. The van der Waals surface area contributed by atoms with Crippen LogP contribution in [-0.4, -0.2) is 61.7 Å². The Bertz CT molecular complexity index is 757. The molecule has 0 amide bonds. The van der Waals surface area contributed by atoms with Crippen LogP contribution in [0.3, 0.4) is 0 Å². The van der Waals surface area contributed by atoms with Crippen molar-refractivity contribution in [1.29, 1.82) is 0 Å². The Morgan fingerprint density at radius 3 is 1.85 bits per heavy atom. The number of hydrogen-bond acceptors (Lipinski definition) is 10. The van der Waals surface area contributed by atoms with Crippen LogP contribution in [0.1, 0.15) is 0 Å². The second-order valence-corrected chi connectivity index (χ2v) is 5.47. The van der Waals surface area contributed by atoms with E-state index in [1.807, 2.05) is 0 Å². The van der Waals surface area contributed by atoms with E-state index in [0.717, 1.165) is 28.4 Å². The molecule has 0 radical (unpaired) electrons. The number of rotatable bonds is 4. The number of carbonyl (C=O) groups is 3. The lowest BCUT2D eigenvalue weighted by Gasteiger charge is -2.20. The van der Waals surface area contributed by atoms with Gasteiger partial charge in [-0.15, -0.1) is 0 Å². The first-order valence-corrected chi connectivity index (χ1v) is 7.34. The zero-order valence-electron chi connectivity index (χ0n) is 14.4. The number of carbonyl (C=O) groups excluding carboxylic acids is 3. The number of ether oxygens (including phenoxy) is 4. The summed E-state index contributed by atoms with van der Waals surface area (Å²) in [7, 11) is 4.24. The maximum Gasteiger partial charge on any atom is 0.337 e. The zero-order valence-corrected chi connectivity index (χ0v) is 14.4. The van der Waals surface area contributed by atoms with Gasteiger partial charge in [0.25, 0.3) is 5.95 Å². The Balaban J connectivity index is 2.81. The summed E-state index contributed by atoms with van der Waals surface area (Å²) in [6.45, 7) is 0. The highest BCUT2D eigenvalue weighted by atomic mass is 16.6.